The first kappa shape index (κ1) is 113. The van der Waals surface area contributed by atoms with Gasteiger partial charge in [-0.3, -0.25) is 4.79 Å². The fourth-order valence-corrected chi connectivity index (χ4v) is 16.2. The molecule has 4 rings (SSSR count). The van der Waals surface area contributed by atoms with Crippen molar-refractivity contribution in [3.8, 4) is 46.0 Å². The van der Waals surface area contributed by atoms with Gasteiger partial charge in [-0.1, -0.05) is 415 Å². The van der Waals surface area contributed by atoms with Crippen molar-refractivity contribution in [3.63, 3.8) is 0 Å². The molecule has 0 aliphatic carbocycles. The van der Waals surface area contributed by atoms with E-state index in [1.54, 1.807) is 72.8 Å². The highest BCUT2D eigenvalue weighted by atomic mass is 16.6. The second-order valence-corrected chi connectivity index (χ2v) is 36.7. The third-order valence-electron chi connectivity index (χ3n) is 24.6. The molecule has 0 fully saturated rings. The van der Waals surface area contributed by atoms with Crippen LogP contribution in [0.15, 0.2) is 72.8 Å². The Morgan fingerprint density at radius 3 is 0.523 bits per heavy atom. The summed E-state index contributed by atoms with van der Waals surface area (Å²) in [5.41, 5.74) is -1.29. The van der Waals surface area contributed by atoms with Crippen molar-refractivity contribution in [2.75, 3.05) is 72.7 Å². The number of benzene rings is 4. The minimum absolute atomic E-state index is 0.166. The van der Waals surface area contributed by atoms with Crippen LogP contribution in [0, 0.1) is 0 Å². The highest BCUT2D eigenvalue weighted by Gasteiger charge is 2.39. The first-order chi connectivity index (χ1) is 63.0. The van der Waals surface area contributed by atoms with Crippen molar-refractivity contribution < 1.29 is 71.3 Å². The third kappa shape index (κ3) is 56.1. The lowest BCUT2D eigenvalue weighted by Crippen LogP contribution is -2.59. The molecule has 4 aromatic rings. The molecule has 730 valence electrons. The molecule has 1 N–H and O–H groups in total. The number of unbranched alkanes of at least 4 members (excludes halogenated alkanes) is 56. The molecule has 0 saturated carbocycles. The lowest BCUT2D eigenvalue weighted by Gasteiger charge is -2.33. The van der Waals surface area contributed by atoms with E-state index in [1.807, 2.05) is 0 Å². The number of carbonyl (C=O) groups excluding carboxylic acids is 4. The number of ether oxygens (including phenoxy) is 11. The lowest BCUT2D eigenvalue weighted by molar-refractivity contribution is -0.0141. The molecule has 16 nitrogen and oxygen atoms in total. The van der Waals surface area contributed by atoms with Crippen LogP contribution < -0.4 is 43.2 Å². The van der Waals surface area contributed by atoms with Gasteiger partial charge in [0.05, 0.1) is 69.5 Å². The summed E-state index contributed by atoms with van der Waals surface area (Å²) in [7, 11) is 0. The summed E-state index contributed by atoms with van der Waals surface area (Å²) >= 11 is 0. The fraction of sp³-hybridized carbons (Fsp3) is 0.750. The molecular formula is C112H187NO15. The largest absolute Gasteiger partial charge is 0.490 e. The molecule has 4 aromatic carbocycles. The molecule has 128 heavy (non-hydrogen) atoms. The van der Waals surface area contributed by atoms with Gasteiger partial charge in [0, 0.05) is 5.56 Å². The molecule has 0 aliphatic heterocycles. The molecule has 0 spiro atoms. The summed E-state index contributed by atoms with van der Waals surface area (Å²) in [4.78, 5) is 61.5. The molecule has 0 atom stereocenters. The van der Waals surface area contributed by atoms with Crippen LogP contribution >= 0.6 is 0 Å². The molecule has 0 bridgehead atoms. The van der Waals surface area contributed by atoms with Gasteiger partial charge < -0.3 is 57.4 Å². The van der Waals surface area contributed by atoms with Gasteiger partial charge in [-0.15, -0.1) is 0 Å². The van der Waals surface area contributed by atoms with Gasteiger partial charge >= 0.3 is 17.9 Å². The van der Waals surface area contributed by atoms with E-state index in [0.29, 0.717) is 98.9 Å². The predicted octanol–water partition coefficient (Wildman–Crippen LogP) is 32.9. The summed E-state index contributed by atoms with van der Waals surface area (Å²) in [6, 6.07) is 20.4. The Morgan fingerprint density at radius 2 is 0.344 bits per heavy atom. The van der Waals surface area contributed by atoms with Crippen LogP contribution in [0.1, 0.15) is 508 Å². The first-order valence-corrected chi connectivity index (χ1v) is 53.4. The van der Waals surface area contributed by atoms with Crippen molar-refractivity contribution >= 4 is 23.8 Å². The Kier molecular flexibility index (Phi) is 70.8. The zero-order valence-corrected chi connectivity index (χ0v) is 83.1. The first-order valence-electron chi connectivity index (χ1n) is 53.4. The molecule has 0 aromatic heterocycles. The average Bonchev–Trinajstić information content (AvgIpc) is 0.807. The maximum atomic E-state index is 15.8. The molecular weight excluding hydrogens is 1600 g/mol. The van der Waals surface area contributed by atoms with Crippen LogP contribution in [-0.2, 0) is 14.2 Å². The second kappa shape index (κ2) is 79.9. The van der Waals surface area contributed by atoms with Crippen LogP contribution in [0.2, 0.25) is 0 Å². The summed E-state index contributed by atoms with van der Waals surface area (Å²) in [5, 5.41) is 3.19. The molecule has 0 heterocycles. The van der Waals surface area contributed by atoms with E-state index in [0.717, 1.165) is 154 Å². The molecule has 0 radical (unpaired) electrons. The second-order valence-electron chi connectivity index (χ2n) is 36.7. The SMILES string of the molecule is CCCCCCCCCCOc1ccc(C(=O)NC(COC(=O)c2ccc(OCCCCCCCCCC)c(OCCCCCCCCCC)c2)(COC(=O)c2ccc(OCCCCCCCCCC)c(OCCCCCCCCCC)c2)COC(=O)c2ccc(OCCCCCCCCCC)c(OCCCCCCCCCC)c2)cc1OCCCCCCCCCC. The Morgan fingerprint density at radius 1 is 0.195 bits per heavy atom. The summed E-state index contributed by atoms with van der Waals surface area (Å²) in [6.45, 7) is 19.7. The number of amides is 1. The van der Waals surface area contributed by atoms with Crippen LogP contribution in [0.5, 0.6) is 46.0 Å². The Bertz CT molecular complexity index is 3080. The van der Waals surface area contributed by atoms with Gasteiger partial charge in [-0.2, -0.15) is 0 Å². The normalized spacial score (nSPS) is 11.4. The molecule has 1 amide bonds. The third-order valence-corrected chi connectivity index (χ3v) is 24.6. The quantitative estimate of drug-likeness (QED) is 0.0250. The maximum Gasteiger partial charge on any atom is 0.338 e. The smallest absolute Gasteiger partial charge is 0.338 e. The van der Waals surface area contributed by atoms with Gasteiger partial charge in [-0.25, -0.2) is 14.4 Å². The average molecular weight is 1790 g/mol. The zero-order valence-electron chi connectivity index (χ0n) is 83.1. The van der Waals surface area contributed by atoms with Gasteiger partial charge in [0.15, 0.2) is 46.0 Å². The standard InChI is InChI=1S/C112H187NO15/c1-9-17-25-33-41-49-57-65-81-118-100-77-73-96(89-104(100)122-85-69-61-53-45-37-29-21-13-5)108(114)113-112(93-126-109(115)97-74-78-101(119-82-66-58-50-42-34-26-18-10-2)105(90-97)123-86-70-62-54-46-38-30-22-14-6,94-127-110(116)98-75-79-102(120-83-67-59-51-43-35-27-19-11-3)106(91-98)124-87-71-63-55-47-39-31-23-15-7)95-128-111(117)99-76-80-103(121-84-68-60-52-44-36-28-20-12-4)107(92-99)125-88-72-64-56-48-40-32-24-16-8/h73-80,89-92H,9-72,81-88,93-95H2,1-8H3,(H,113,114). The van der Waals surface area contributed by atoms with Crippen molar-refractivity contribution in [3.05, 3.63) is 95.1 Å². The van der Waals surface area contributed by atoms with Gasteiger partial charge in [0.25, 0.3) is 5.91 Å². The fourth-order valence-electron chi connectivity index (χ4n) is 16.2. The number of hydrogen-bond donors (Lipinski definition) is 1. The number of hydrogen-bond acceptors (Lipinski definition) is 15. The van der Waals surface area contributed by atoms with Crippen molar-refractivity contribution in [2.45, 2.75) is 472 Å². The summed E-state index contributed by atoms with van der Waals surface area (Å²) < 4.78 is 71.8. The summed E-state index contributed by atoms with van der Waals surface area (Å²) in [6.07, 6.45) is 73.2. The molecule has 16 heteroatoms. The van der Waals surface area contributed by atoms with E-state index in [4.69, 9.17) is 52.1 Å². The van der Waals surface area contributed by atoms with Crippen LogP contribution in [0.25, 0.3) is 0 Å². The topological polar surface area (TPSA) is 182 Å². The summed E-state index contributed by atoms with van der Waals surface area (Å²) in [5.74, 6) is 0.881. The van der Waals surface area contributed by atoms with E-state index < -0.39 is 49.2 Å². The van der Waals surface area contributed by atoms with Crippen LogP contribution in [0.4, 0.5) is 0 Å². The van der Waals surface area contributed by atoms with Crippen molar-refractivity contribution in [1.29, 1.82) is 0 Å². The van der Waals surface area contributed by atoms with Crippen molar-refractivity contribution in [2.24, 2.45) is 0 Å². The van der Waals surface area contributed by atoms with E-state index >= 15 is 19.2 Å². The van der Waals surface area contributed by atoms with Gasteiger partial charge in [0.1, 0.15) is 25.4 Å². The number of rotatable bonds is 91. The van der Waals surface area contributed by atoms with E-state index in [1.165, 1.54) is 257 Å². The molecule has 0 unspecified atom stereocenters. The minimum atomic E-state index is -1.97. The highest BCUT2D eigenvalue weighted by molar-refractivity contribution is 5.96. The monoisotopic (exact) mass is 1790 g/mol. The van der Waals surface area contributed by atoms with Gasteiger partial charge in [0.2, 0.25) is 0 Å². The minimum Gasteiger partial charge on any atom is -0.490 e. The van der Waals surface area contributed by atoms with Gasteiger partial charge in [-0.05, 0) is 124 Å². The van der Waals surface area contributed by atoms with E-state index in [-0.39, 0.29) is 22.3 Å². The lowest BCUT2D eigenvalue weighted by atomic mass is 10.0. The van der Waals surface area contributed by atoms with Crippen molar-refractivity contribution in [1.82, 2.24) is 5.32 Å². The van der Waals surface area contributed by atoms with Crippen LogP contribution in [0.3, 0.4) is 0 Å². The predicted molar refractivity (Wildman–Crippen MR) is 532 cm³/mol. The Balaban J connectivity index is 1.91. The number of nitrogens with one attached hydrogen (secondary N) is 1. The number of esters is 3. The molecule has 0 aliphatic rings. The highest BCUT2D eigenvalue weighted by Crippen LogP contribution is 2.36. The number of carbonyl (C=O) groups is 4. The van der Waals surface area contributed by atoms with Crippen LogP contribution in [-0.4, -0.2) is 102 Å². The van der Waals surface area contributed by atoms with E-state index in [2.05, 4.69) is 60.7 Å². The Labute approximate surface area is 781 Å². The van der Waals surface area contributed by atoms with E-state index in [9.17, 15) is 0 Å². The zero-order chi connectivity index (χ0) is 91.7. The maximum absolute atomic E-state index is 15.8. The Hall–Kier alpha value is -6.84. The molecule has 0 saturated heterocycles.